The summed E-state index contributed by atoms with van der Waals surface area (Å²) >= 11 is 0. The molecule has 0 saturated heterocycles. The summed E-state index contributed by atoms with van der Waals surface area (Å²) in [5.41, 5.74) is 1.07. The lowest BCUT2D eigenvalue weighted by Gasteiger charge is -2.14. The van der Waals surface area contributed by atoms with Crippen LogP contribution in [0.5, 0.6) is 17.4 Å². The third-order valence-corrected chi connectivity index (χ3v) is 10.1. The molecule has 1 atom stereocenters. The van der Waals surface area contributed by atoms with E-state index in [0.29, 0.717) is 5.69 Å². The van der Waals surface area contributed by atoms with Crippen LogP contribution < -0.4 is 9.47 Å². The molecule has 0 amide bonds. The Hall–Kier alpha value is -5.89. The number of carbonyl (C=O) groups excluding carboxylic acids is 1. The predicted molar refractivity (Wildman–Crippen MR) is 190 cm³/mol. The van der Waals surface area contributed by atoms with Gasteiger partial charge in [0.25, 0.3) is 10.0 Å². The quantitative estimate of drug-likeness (QED) is 0.0701. The molecule has 6 aromatic rings. The highest BCUT2D eigenvalue weighted by Crippen LogP contribution is 2.37. The number of benzene rings is 4. The first-order valence-corrected chi connectivity index (χ1v) is 17.9. The van der Waals surface area contributed by atoms with Gasteiger partial charge in [-0.25, -0.2) is 34.7 Å². The van der Waals surface area contributed by atoms with Gasteiger partial charge in [-0.3, -0.25) is 0 Å². The van der Waals surface area contributed by atoms with Gasteiger partial charge in [0.1, 0.15) is 23.1 Å². The van der Waals surface area contributed by atoms with Gasteiger partial charge in [-0.2, -0.15) is 9.78 Å². The largest absolute Gasteiger partial charge is 0.478 e. The summed E-state index contributed by atoms with van der Waals surface area (Å²) in [7, 11) is -4.19. The molecule has 14 heteroatoms. The second-order valence-electron chi connectivity index (χ2n) is 11.9. The van der Waals surface area contributed by atoms with Crippen molar-refractivity contribution in [3.8, 4) is 23.1 Å². The minimum atomic E-state index is -4.19. The molecule has 274 valence electrons. The van der Waals surface area contributed by atoms with Crippen LogP contribution in [0.15, 0.2) is 96.0 Å². The van der Waals surface area contributed by atoms with Gasteiger partial charge in [0.2, 0.25) is 5.88 Å². The molecule has 0 saturated carbocycles. The van der Waals surface area contributed by atoms with E-state index in [9.17, 15) is 13.2 Å². The number of aryl methyl sites for hydroxylation is 1. The highest BCUT2D eigenvalue weighted by molar-refractivity contribution is 7.90. The maximum Gasteiger partial charge on any atom is 0.330 e. The smallest absolute Gasteiger partial charge is 0.330 e. The van der Waals surface area contributed by atoms with Crippen molar-refractivity contribution in [2.45, 2.75) is 38.5 Å². The number of carbonyl (C=O) groups is 1. The Kier molecular flexibility index (Phi) is 10.4. The average molecular weight is 748 g/mol. The number of ether oxygens (including phenoxy) is 3. The summed E-state index contributed by atoms with van der Waals surface area (Å²) in [6.45, 7) is 7.18. The van der Waals surface area contributed by atoms with Crippen molar-refractivity contribution in [3.05, 3.63) is 137 Å². The first kappa shape index (κ1) is 36.9. The topological polar surface area (TPSA) is 102 Å². The van der Waals surface area contributed by atoms with E-state index in [0.717, 1.165) is 50.8 Å². The highest BCUT2D eigenvalue weighted by Gasteiger charge is 2.26. The van der Waals surface area contributed by atoms with Gasteiger partial charge in [0.05, 0.1) is 29.3 Å². The number of esters is 1. The fourth-order valence-corrected chi connectivity index (χ4v) is 7.02. The van der Waals surface area contributed by atoms with Gasteiger partial charge in [0, 0.05) is 47.3 Å². The number of rotatable bonds is 12. The minimum Gasteiger partial charge on any atom is -0.478 e. The molecule has 2 aromatic heterocycles. The number of halogens is 4. The number of nitrogens with zero attached hydrogens (tertiary/aromatic N) is 3. The minimum absolute atomic E-state index is 0.0648. The normalized spacial score (nSPS) is 12.4. The van der Waals surface area contributed by atoms with Gasteiger partial charge in [-0.05, 0) is 62.7 Å². The average Bonchev–Trinajstić information content (AvgIpc) is 3.76. The lowest BCUT2D eigenvalue weighted by Crippen LogP contribution is -2.12. The van der Waals surface area contributed by atoms with E-state index in [4.69, 9.17) is 14.2 Å². The van der Waals surface area contributed by atoms with Gasteiger partial charge in [-0.15, -0.1) is 0 Å². The Morgan fingerprint density at radius 1 is 0.906 bits per heavy atom. The molecule has 0 N–H and O–H groups in total. The molecule has 0 spiro atoms. The van der Waals surface area contributed by atoms with Crippen LogP contribution in [-0.2, 0) is 19.6 Å². The van der Waals surface area contributed by atoms with Gasteiger partial charge < -0.3 is 14.2 Å². The van der Waals surface area contributed by atoms with Gasteiger partial charge in [-0.1, -0.05) is 42.8 Å². The van der Waals surface area contributed by atoms with Crippen LogP contribution in [-0.4, -0.2) is 41.4 Å². The molecule has 0 radical (unpaired) electrons. The fraction of sp³-hybridized carbons (Fsp3) is 0.179. The summed E-state index contributed by atoms with van der Waals surface area (Å²) in [5.74, 6) is -5.97. The Morgan fingerprint density at radius 2 is 1.66 bits per heavy atom. The number of hydrogen-bond donors (Lipinski definition) is 0. The third kappa shape index (κ3) is 7.27. The summed E-state index contributed by atoms with van der Waals surface area (Å²) < 4.78 is 107. The first-order valence-electron chi connectivity index (χ1n) is 16.5. The molecule has 4 aromatic carbocycles. The van der Waals surface area contributed by atoms with Crippen LogP contribution in [0.25, 0.3) is 22.7 Å². The first-order chi connectivity index (χ1) is 25.3. The van der Waals surface area contributed by atoms with E-state index < -0.39 is 50.9 Å². The molecule has 1 unspecified atom stereocenters. The van der Waals surface area contributed by atoms with Crippen molar-refractivity contribution < 1.29 is 45.0 Å². The van der Waals surface area contributed by atoms with Crippen LogP contribution in [0.4, 0.5) is 17.6 Å². The van der Waals surface area contributed by atoms with Crippen molar-refractivity contribution in [1.82, 2.24) is 13.8 Å². The molecule has 0 aliphatic heterocycles. The highest BCUT2D eigenvalue weighted by atomic mass is 32.2. The predicted octanol–water partition coefficient (Wildman–Crippen LogP) is 8.85. The SMILES string of the molecule is CCOC(=O)C=Cc1cccc(C(C)c2cc(OCC)n(-c3cc(Oc4c(F)cc5c(ccn5S(=O)(=O)c5ccc(C)cc5)c4F)ccc3F)n2)c1F. The summed E-state index contributed by atoms with van der Waals surface area (Å²) in [4.78, 5) is 11.7. The molecule has 0 aliphatic carbocycles. The number of aromatic nitrogens is 3. The zero-order chi connectivity index (χ0) is 38.0. The van der Waals surface area contributed by atoms with E-state index >= 15 is 17.6 Å². The van der Waals surface area contributed by atoms with E-state index in [1.807, 2.05) is 0 Å². The Balaban J connectivity index is 1.33. The lowest BCUT2D eigenvalue weighted by atomic mass is 9.95. The Bertz CT molecular complexity index is 2480. The summed E-state index contributed by atoms with van der Waals surface area (Å²) in [6, 6.07) is 17.6. The molecular formula is C39H33F4N3O6S. The molecule has 0 fully saturated rings. The van der Waals surface area contributed by atoms with Crippen molar-refractivity contribution in [3.63, 3.8) is 0 Å². The van der Waals surface area contributed by atoms with Crippen LogP contribution in [0.2, 0.25) is 0 Å². The van der Waals surface area contributed by atoms with Crippen LogP contribution in [0, 0.1) is 30.2 Å². The summed E-state index contributed by atoms with van der Waals surface area (Å²) in [6.07, 6.45) is 3.55. The second-order valence-corrected chi connectivity index (χ2v) is 13.7. The van der Waals surface area contributed by atoms with Gasteiger partial charge in [0.15, 0.2) is 17.4 Å². The van der Waals surface area contributed by atoms with Crippen molar-refractivity contribution in [1.29, 1.82) is 0 Å². The molecule has 53 heavy (non-hydrogen) atoms. The maximum absolute atomic E-state index is 15.8. The van der Waals surface area contributed by atoms with Crippen molar-refractivity contribution in [2.75, 3.05) is 13.2 Å². The fourth-order valence-electron chi connectivity index (χ4n) is 5.68. The number of fused-ring (bicyclic) bond motifs is 1. The van der Waals surface area contributed by atoms with E-state index in [1.54, 1.807) is 52.0 Å². The summed E-state index contributed by atoms with van der Waals surface area (Å²) in [5, 5.41) is 4.29. The van der Waals surface area contributed by atoms with Gasteiger partial charge >= 0.3 is 5.97 Å². The van der Waals surface area contributed by atoms with Crippen LogP contribution >= 0.6 is 0 Å². The zero-order valence-corrected chi connectivity index (χ0v) is 29.8. The molecular weight excluding hydrogens is 715 g/mol. The standard InChI is InChI=1S/C39H33F4N3O6S/c1-5-50-35-22-32(24(4)28-9-7-8-25(37(28)42)12-17-36(47)51-6-2)44-46(35)34-20-26(13-16-30(34)40)52-39-31(41)21-33-29(38(39)43)18-19-45(33)53(48,49)27-14-10-23(3)11-15-27/h7-22,24H,5-6H2,1-4H3. The van der Waals surface area contributed by atoms with E-state index in [-0.39, 0.29) is 57.5 Å². The molecule has 0 aliphatic rings. The molecule has 6 rings (SSSR count). The Morgan fingerprint density at radius 3 is 2.38 bits per heavy atom. The van der Waals surface area contributed by atoms with Crippen molar-refractivity contribution >= 4 is 33.0 Å². The second kappa shape index (κ2) is 15.0. The molecule has 9 nitrogen and oxygen atoms in total. The van der Waals surface area contributed by atoms with Crippen molar-refractivity contribution in [2.24, 2.45) is 0 Å². The zero-order valence-electron chi connectivity index (χ0n) is 28.9. The third-order valence-electron chi connectivity index (χ3n) is 8.39. The van der Waals surface area contributed by atoms with E-state index in [2.05, 4.69) is 5.10 Å². The Labute approximate surface area is 302 Å². The molecule has 0 bridgehead atoms. The van der Waals surface area contributed by atoms with Crippen LogP contribution in [0.3, 0.4) is 0 Å². The molecule has 2 heterocycles. The maximum atomic E-state index is 15.8. The van der Waals surface area contributed by atoms with Crippen LogP contribution in [0.1, 0.15) is 49.1 Å². The number of hydrogen-bond acceptors (Lipinski definition) is 7. The van der Waals surface area contributed by atoms with E-state index in [1.165, 1.54) is 36.4 Å². The lowest BCUT2D eigenvalue weighted by molar-refractivity contribution is -0.137. The monoisotopic (exact) mass is 747 g/mol.